The summed E-state index contributed by atoms with van der Waals surface area (Å²) in [5.41, 5.74) is 0. The minimum absolute atomic E-state index is 0.231. The van der Waals surface area contributed by atoms with E-state index in [1.54, 1.807) is 20.8 Å². The van der Waals surface area contributed by atoms with Gasteiger partial charge >= 0.3 is 12.1 Å². The number of carbonyl (C=O) groups excluding carboxylic acids is 2. The zero-order valence-corrected chi connectivity index (χ0v) is 8.03. The molecule has 0 aliphatic carbocycles. The molecular formula is C8H14O5. The van der Waals surface area contributed by atoms with E-state index in [2.05, 4.69) is 14.2 Å². The molecule has 0 heterocycles. The number of hydrogen-bond acceptors (Lipinski definition) is 5. The molecule has 76 valence electrons. The number of rotatable bonds is 4. The average molecular weight is 190 g/mol. The van der Waals surface area contributed by atoms with Gasteiger partial charge in [0.2, 0.25) is 6.79 Å². The Morgan fingerprint density at radius 2 is 1.77 bits per heavy atom. The molecule has 0 fully saturated rings. The molecule has 5 heteroatoms. The largest absolute Gasteiger partial charge is 0.511 e. The van der Waals surface area contributed by atoms with Crippen molar-refractivity contribution in [3.05, 3.63) is 0 Å². The lowest BCUT2D eigenvalue weighted by Gasteiger charge is -2.07. The molecule has 5 nitrogen and oxygen atoms in total. The Bertz CT molecular complexity index is 175. The summed E-state index contributed by atoms with van der Waals surface area (Å²) in [6, 6.07) is 0. The van der Waals surface area contributed by atoms with Gasteiger partial charge in [-0.3, -0.25) is 4.79 Å². The van der Waals surface area contributed by atoms with E-state index in [4.69, 9.17) is 0 Å². The van der Waals surface area contributed by atoms with Gasteiger partial charge in [-0.25, -0.2) is 4.79 Å². The van der Waals surface area contributed by atoms with Gasteiger partial charge in [0.1, 0.15) is 0 Å². The summed E-state index contributed by atoms with van der Waals surface area (Å²) in [7, 11) is 0. The molecule has 0 aliphatic rings. The third-order valence-electron chi connectivity index (χ3n) is 1.11. The Hall–Kier alpha value is -1.26. The van der Waals surface area contributed by atoms with Crippen LogP contribution < -0.4 is 0 Å². The molecule has 0 radical (unpaired) electrons. The molecule has 0 spiro atoms. The van der Waals surface area contributed by atoms with Crippen LogP contribution in [0, 0.1) is 5.92 Å². The lowest BCUT2D eigenvalue weighted by molar-refractivity contribution is -0.156. The van der Waals surface area contributed by atoms with E-state index >= 15 is 0 Å². The van der Waals surface area contributed by atoms with Crippen LogP contribution in [0.15, 0.2) is 0 Å². The van der Waals surface area contributed by atoms with Crippen molar-refractivity contribution in [3.8, 4) is 0 Å². The second kappa shape index (κ2) is 6.28. The highest BCUT2D eigenvalue weighted by atomic mass is 16.8. The minimum Gasteiger partial charge on any atom is -0.435 e. The highest BCUT2D eigenvalue weighted by Gasteiger charge is 2.09. The second-order valence-electron chi connectivity index (χ2n) is 2.56. The number of ether oxygens (including phenoxy) is 3. The van der Waals surface area contributed by atoms with Crippen LogP contribution in [0.25, 0.3) is 0 Å². The molecule has 0 aromatic heterocycles. The van der Waals surface area contributed by atoms with Crippen LogP contribution >= 0.6 is 0 Å². The van der Waals surface area contributed by atoms with Crippen molar-refractivity contribution in [3.63, 3.8) is 0 Å². The highest BCUT2D eigenvalue weighted by molar-refractivity contribution is 5.71. The van der Waals surface area contributed by atoms with Crippen LogP contribution in [0.2, 0.25) is 0 Å². The van der Waals surface area contributed by atoms with E-state index in [1.807, 2.05) is 0 Å². The molecule has 0 bridgehead atoms. The lowest BCUT2D eigenvalue weighted by atomic mass is 10.2. The van der Waals surface area contributed by atoms with E-state index < -0.39 is 18.9 Å². The van der Waals surface area contributed by atoms with Gasteiger partial charge in [0.05, 0.1) is 12.5 Å². The Morgan fingerprint density at radius 1 is 1.15 bits per heavy atom. The highest BCUT2D eigenvalue weighted by Crippen LogP contribution is 1.96. The van der Waals surface area contributed by atoms with Gasteiger partial charge in [-0.05, 0) is 6.92 Å². The van der Waals surface area contributed by atoms with E-state index in [9.17, 15) is 9.59 Å². The lowest BCUT2D eigenvalue weighted by Crippen LogP contribution is -2.16. The van der Waals surface area contributed by atoms with Gasteiger partial charge in [-0.2, -0.15) is 0 Å². The van der Waals surface area contributed by atoms with Gasteiger partial charge < -0.3 is 14.2 Å². The van der Waals surface area contributed by atoms with Crippen LogP contribution in [-0.4, -0.2) is 25.5 Å². The maximum absolute atomic E-state index is 10.8. The van der Waals surface area contributed by atoms with E-state index in [1.165, 1.54) is 0 Å². The first-order chi connectivity index (χ1) is 6.07. The maximum atomic E-state index is 10.8. The molecule has 0 amide bonds. The molecule has 0 aromatic carbocycles. The van der Waals surface area contributed by atoms with Crippen molar-refractivity contribution in [2.45, 2.75) is 20.8 Å². The fraction of sp³-hybridized carbons (Fsp3) is 0.750. The predicted molar refractivity (Wildman–Crippen MR) is 43.9 cm³/mol. The summed E-state index contributed by atoms with van der Waals surface area (Å²) < 4.78 is 13.4. The summed E-state index contributed by atoms with van der Waals surface area (Å²) in [4.78, 5) is 21.4. The fourth-order valence-corrected chi connectivity index (χ4v) is 0.462. The Morgan fingerprint density at radius 3 is 2.23 bits per heavy atom. The van der Waals surface area contributed by atoms with Crippen molar-refractivity contribution in [1.82, 2.24) is 0 Å². The van der Waals surface area contributed by atoms with E-state index in [0.717, 1.165) is 0 Å². The van der Waals surface area contributed by atoms with Gasteiger partial charge in [-0.15, -0.1) is 0 Å². The summed E-state index contributed by atoms with van der Waals surface area (Å²) in [6.07, 6.45) is -0.834. The molecule has 0 aliphatic heterocycles. The van der Waals surface area contributed by atoms with E-state index in [0.29, 0.717) is 0 Å². The first kappa shape index (κ1) is 11.7. The average Bonchev–Trinajstić information content (AvgIpc) is 2.04. The van der Waals surface area contributed by atoms with Crippen LogP contribution in [0.1, 0.15) is 20.8 Å². The topological polar surface area (TPSA) is 61.8 Å². The van der Waals surface area contributed by atoms with Crippen molar-refractivity contribution < 1.29 is 23.8 Å². The molecular weight excluding hydrogens is 176 g/mol. The van der Waals surface area contributed by atoms with Crippen LogP contribution in [0.5, 0.6) is 0 Å². The standard InChI is InChI=1S/C8H14O5/c1-4-11-8(10)13-5-12-7(9)6(2)3/h6H,4-5H2,1-3H3. The van der Waals surface area contributed by atoms with Crippen molar-refractivity contribution >= 4 is 12.1 Å². The van der Waals surface area contributed by atoms with Gasteiger partial charge in [-0.1, -0.05) is 13.8 Å². The molecule has 0 atom stereocenters. The monoisotopic (exact) mass is 190 g/mol. The maximum Gasteiger partial charge on any atom is 0.511 e. The molecule has 0 saturated carbocycles. The molecule has 0 aromatic rings. The van der Waals surface area contributed by atoms with Crippen LogP contribution in [-0.2, 0) is 19.0 Å². The molecule has 0 rings (SSSR count). The predicted octanol–water partition coefficient (Wildman–Crippen LogP) is 1.32. The normalized spacial score (nSPS) is 9.54. The zero-order chi connectivity index (χ0) is 10.3. The summed E-state index contributed by atoms with van der Waals surface area (Å²) in [5, 5.41) is 0. The molecule has 0 N–H and O–H groups in total. The Labute approximate surface area is 77.0 Å². The Kier molecular flexibility index (Phi) is 5.67. The quantitative estimate of drug-likeness (QED) is 0.494. The Balaban J connectivity index is 3.45. The fourth-order valence-electron chi connectivity index (χ4n) is 0.462. The number of carbonyl (C=O) groups is 2. The minimum atomic E-state index is -0.834. The van der Waals surface area contributed by atoms with E-state index in [-0.39, 0.29) is 12.5 Å². The van der Waals surface area contributed by atoms with Gasteiger partial charge in [0.25, 0.3) is 0 Å². The third kappa shape index (κ3) is 5.95. The number of hydrogen-bond donors (Lipinski definition) is 0. The SMILES string of the molecule is CCOC(=O)OCOC(=O)C(C)C. The van der Waals surface area contributed by atoms with Crippen LogP contribution in [0.4, 0.5) is 4.79 Å². The summed E-state index contributed by atoms with van der Waals surface area (Å²) >= 11 is 0. The summed E-state index contributed by atoms with van der Waals surface area (Å²) in [6.45, 7) is 4.87. The summed E-state index contributed by atoms with van der Waals surface area (Å²) in [5.74, 6) is -0.643. The first-order valence-corrected chi connectivity index (χ1v) is 4.04. The third-order valence-corrected chi connectivity index (χ3v) is 1.11. The molecule has 0 saturated heterocycles. The zero-order valence-electron chi connectivity index (χ0n) is 8.03. The first-order valence-electron chi connectivity index (χ1n) is 4.04. The second-order valence-corrected chi connectivity index (χ2v) is 2.56. The molecule has 13 heavy (non-hydrogen) atoms. The number of esters is 1. The van der Waals surface area contributed by atoms with Crippen molar-refractivity contribution in [1.29, 1.82) is 0 Å². The molecule has 0 unspecified atom stereocenters. The van der Waals surface area contributed by atoms with Crippen molar-refractivity contribution in [2.24, 2.45) is 5.92 Å². The smallest absolute Gasteiger partial charge is 0.435 e. The van der Waals surface area contributed by atoms with Crippen molar-refractivity contribution in [2.75, 3.05) is 13.4 Å². The van der Waals surface area contributed by atoms with Gasteiger partial charge in [0, 0.05) is 0 Å². The van der Waals surface area contributed by atoms with Gasteiger partial charge in [0.15, 0.2) is 0 Å². The van der Waals surface area contributed by atoms with Crippen LogP contribution in [0.3, 0.4) is 0 Å².